The number of hydrogen-bond donors (Lipinski definition) is 6. The maximum absolute atomic E-state index is 14.9. The first-order chi connectivity index (χ1) is 26.8. The molecule has 6 rings (SSSR count). The van der Waals surface area contributed by atoms with Crippen LogP contribution in [0.25, 0.3) is 0 Å². The SMILES string of the molecule is CC(C)(O)c1cnnn1[C@H]1C[C@@H](C(=O)NC2(C(=O)C(N)=O)CCS(O)(O)CC2)N(C(=O)C(CC2CCCCC2)NC(=O)c2ccc(S(=O)(=O)N3CCCC3)cc2)C1. The van der Waals surface area contributed by atoms with Crippen molar-refractivity contribution in [1.82, 2.24) is 34.8 Å². The molecule has 4 aliphatic rings. The van der Waals surface area contributed by atoms with Gasteiger partial charge in [-0.25, -0.2) is 13.1 Å². The summed E-state index contributed by atoms with van der Waals surface area (Å²) in [7, 11) is -6.78. The molecule has 3 saturated heterocycles. The number of nitrogens with two attached hydrogens (primary N) is 1. The van der Waals surface area contributed by atoms with E-state index in [-0.39, 0.29) is 60.1 Å². The smallest absolute Gasteiger partial charge is 0.287 e. The number of carbonyl (C=O) groups excluding carboxylic acids is 5. The number of ketones is 1. The lowest BCUT2D eigenvalue weighted by Gasteiger charge is -2.45. The van der Waals surface area contributed by atoms with E-state index in [0.29, 0.717) is 18.8 Å². The van der Waals surface area contributed by atoms with Crippen LogP contribution in [0.2, 0.25) is 0 Å². The summed E-state index contributed by atoms with van der Waals surface area (Å²) in [6.07, 6.45) is 7.24. The molecule has 4 heterocycles. The molecule has 4 amide bonds. The van der Waals surface area contributed by atoms with Gasteiger partial charge in [-0.05, 0) is 76.1 Å². The van der Waals surface area contributed by atoms with Gasteiger partial charge in [0, 0.05) is 43.1 Å². The summed E-state index contributed by atoms with van der Waals surface area (Å²) in [4.78, 5) is 70.0. The number of benzene rings is 1. The maximum atomic E-state index is 14.9. The standard InChI is InChI=1S/C37H54N8O10S2/c1-36(2,51)30-22-39-42-45(30)26-21-29(34(49)41-37(31(46)32(38)47)14-18-56(52,53)19-15-37)44(23-26)35(50)28(20-24-8-4-3-5-9-24)40-33(48)25-10-12-27(13-11-25)57(54,55)43-16-6-7-17-43/h10-13,22,24,26,28-29,51-53H,3-9,14-21,23H2,1-2H3,(H2,38,47)(H,40,48)(H,41,49)/t26-,28?,29-/m0/s1. The number of amides is 4. The molecule has 20 heteroatoms. The summed E-state index contributed by atoms with van der Waals surface area (Å²) in [5, 5.41) is 24.6. The number of nitrogens with zero attached hydrogens (tertiary/aromatic N) is 5. The predicted molar refractivity (Wildman–Crippen MR) is 208 cm³/mol. The number of likely N-dealkylation sites (tertiary alicyclic amines) is 1. The lowest BCUT2D eigenvalue weighted by atomic mass is 9.84. The van der Waals surface area contributed by atoms with Gasteiger partial charge in [0.05, 0.1) is 22.8 Å². The van der Waals surface area contributed by atoms with E-state index >= 15 is 0 Å². The Balaban J connectivity index is 1.31. The quantitative estimate of drug-likeness (QED) is 0.157. The summed E-state index contributed by atoms with van der Waals surface area (Å²) in [5.41, 5.74) is 2.63. The van der Waals surface area contributed by atoms with E-state index in [1.807, 2.05) is 0 Å². The number of rotatable bonds is 13. The Hall–Kier alpha value is -3.95. The second-order valence-electron chi connectivity index (χ2n) is 16.4. The Morgan fingerprint density at radius 2 is 1.63 bits per heavy atom. The molecular weight excluding hydrogens is 781 g/mol. The van der Waals surface area contributed by atoms with E-state index < -0.39 is 79.3 Å². The van der Waals surface area contributed by atoms with Gasteiger partial charge in [-0.15, -0.1) is 5.10 Å². The summed E-state index contributed by atoms with van der Waals surface area (Å²) < 4.78 is 49.7. The van der Waals surface area contributed by atoms with Crippen molar-refractivity contribution in [2.24, 2.45) is 11.7 Å². The highest BCUT2D eigenvalue weighted by atomic mass is 32.3. The second kappa shape index (κ2) is 16.7. The molecule has 0 radical (unpaired) electrons. The van der Waals surface area contributed by atoms with Crippen molar-refractivity contribution in [3.63, 3.8) is 0 Å². The van der Waals surface area contributed by atoms with Gasteiger partial charge in [0.1, 0.15) is 23.2 Å². The normalized spacial score (nSPS) is 24.1. The fraction of sp³-hybridized carbons (Fsp3) is 0.649. The van der Waals surface area contributed by atoms with Gasteiger partial charge in [-0.2, -0.15) is 14.9 Å². The van der Waals surface area contributed by atoms with Crippen LogP contribution in [0, 0.1) is 5.92 Å². The predicted octanol–water partition coefficient (Wildman–Crippen LogP) is 1.65. The summed E-state index contributed by atoms with van der Waals surface area (Å²) in [5.74, 6) is -4.81. The van der Waals surface area contributed by atoms with E-state index in [9.17, 15) is 46.6 Å². The van der Waals surface area contributed by atoms with Gasteiger partial charge in [-0.3, -0.25) is 33.1 Å². The Kier molecular flexibility index (Phi) is 12.5. The van der Waals surface area contributed by atoms with Crippen molar-refractivity contribution in [3.05, 3.63) is 41.7 Å². The van der Waals surface area contributed by atoms with Crippen LogP contribution < -0.4 is 16.4 Å². The van der Waals surface area contributed by atoms with E-state index in [0.717, 1.165) is 44.9 Å². The van der Waals surface area contributed by atoms with Crippen molar-refractivity contribution >= 4 is 50.0 Å². The van der Waals surface area contributed by atoms with Crippen molar-refractivity contribution in [2.75, 3.05) is 31.1 Å². The topological polar surface area (TPSA) is 267 Å². The Bertz CT molecular complexity index is 1940. The van der Waals surface area contributed by atoms with Crippen LogP contribution in [-0.4, -0.2) is 125 Å². The van der Waals surface area contributed by atoms with E-state index in [1.54, 1.807) is 13.8 Å². The molecule has 2 aromatic rings. The molecule has 7 N–H and O–H groups in total. The van der Waals surface area contributed by atoms with Crippen LogP contribution in [0.1, 0.15) is 107 Å². The zero-order valence-electron chi connectivity index (χ0n) is 32.3. The number of carbonyl (C=O) groups is 5. The monoisotopic (exact) mass is 834 g/mol. The molecule has 1 unspecified atom stereocenters. The fourth-order valence-electron chi connectivity index (χ4n) is 8.58. The number of Topliss-reactive ketones (excluding diaryl/α,β-unsaturated/α-hetero) is 1. The molecule has 3 aliphatic heterocycles. The van der Waals surface area contributed by atoms with Crippen molar-refractivity contribution < 1.29 is 46.6 Å². The molecule has 0 bridgehead atoms. The number of primary amides is 1. The minimum absolute atomic E-state index is 0.0446. The van der Waals surface area contributed by atoms with Crippen LogP contribution in [0.3, 0.4) is 0 Å². The average molecular weight is 835 g/mol. The molecule has 1 saturated carbocycles. The minimum Gasteiger partial charge on any atom is -0.384 e. The largest absolute Gasteiger partial charge is 0.384 e. The Morgan fingerprint density at radius 3 is 2.23 bits per heavy atom. The number of aromatic nitrogens is 3. The summed E-state index contributed by atoms with van der Waals surface area (Å²) in [6.45, 7) is 3.84. The first-order valence-electron chi connectivity index (χ1n) is 19.6. The van der Waals surface area contributed by atoms with Gasteiger partial charge in [-0.1, -0.05) is 37.3 Å². The molecule has 1 aliphatic carbocycles. The Labute approximate surface area is 333 Å². The molecule has 0 spiro atoms. The second-order valence-corrected chi connectivity index (χ2v) is 20.8. The lowest BCUT2D eigenvalue weighted by Crippen LogP contribution is -2.64. The zero-order chi connectivity index (χ0) is 41.3. The first kappa shape index (κ1) is 42.7. The third-order valence-corrected chi connectivity index (χ3v) is 15.5. The number of hydrogen-bond acceptors (Lipinski definition) is 12. The van der Waals surface area contributed by atoms with Gasteiger partial charge < -0.3 is 26.4 Å². The van der Waals surface area contributed by atoms with Gasteiger partial charge in [0.15, 0.2) is 0 Å². The van der Waals surface area contributed by atoms with Crippen LogP contribution in [0.15, 0.2) is 35.4 Å². The van der Waals surface area contributed by atoms with Gasteiger partial charge >= 0.3 is 0 Å². The lowest BCUT2D eigenvalue weighted by molar-refractivity contribution is -0.145. The average Bonchev–Trinajstić information content (AvgIpc) is 3.97. The molecule has 4 fully saturated rings. The maximum Gasteiger partial charge on any atom is 0.287 e. The van der Waals surface area contributed by atoms with Crippen molar-refractivity contribution in [3.8, 4) is 0 Å². The number of aliphatic hydroxyl groups is 1. The third kappa shape index (κ3) is 9.36. The number of nitrogens with one attached hydrogen (secondary N) is 2. The molecule has 1 aromatic carbocycles. The number of sulfonamides is 1. The first-order valence-corrected chi connectivity index (χ1v) is 22.9. The fourth-order valence-corrected chi connectivity index (χ4v) is 11.6. The highest BCUT2D eigenvalue weighted by Crippen LogP contribution is 2.47. The van der Waals surface area contributed by atoms with Gasteiger partial charge in [0.2, 0.25) is 27.6 Å². The zero-order valence-corrected chi connectivity index (χ0v) is 34.0. The van der Waals surface area contributed by atoms with Gasteiger partial charge in [0.25, 0.3) is 11.8 Å². The molecule has 3 atom stereocenters. The van der Waals surface area contributed by atoms with Crippen LogP contribution in [0.4, 0.5) is 0 Å². The third-order valence-electron chi connectivity index (χ3n) is 11.9. The molecule has 57 heavy (non-hydrogen) atoms. The van der Waals surface area contributed by atoms with Crippen molar-refractivity contribution in [2.45, 2.75) is 119 Å². The van der Waals surface area contributed by atoms with Crippen LogP contribution in [-0.2, 0) is 34.8 Å². The van der Waals surface area contributed by atoms with E-state index in [1.165, 1.54) is 44.3 Å². The Morgan fingerprint density at radius 1 is 1.00 bits per heavy atom. The highest BCUT2D eigenvalue weighted by molar-refractivity contribution is 8.24. The summed E-state index contributed by atoms with van der Waals surface area (Å²) >= 11 is 0. The van der Waals surface area contributed by atoms with Crippen LogP contribution in [0.5, 0.6) is 0 Å². The molecule has 1 aromatic heterocycles. The molecular formula is C37H54N8O10S2. The van der Waals surface area contributed by atoms with Crippen LogP contribution >= 0.6 is 10.6 Å². The van der Waals surface area contributed by atoms with E-state index in [2.05, 4.69) is 20.9 Å². The van der Waals surface area contributed by atoms with Crippen molar-refractivity contribution in [1.29, 1.82) is 0 Å². The molecule has 18 nitrogen and oxygen atoms in total. The highest BCUT2D eigenvalue weighted by Gasteiger charge is 2.51. The van der Waals surface area contributed by atoms with E-state index in [4.69, 9.17) is 5.73 Å². The minimum atomic E-state index is -3.72. The molecule has 314 valence electrons. The summed E-state index contributed by atoms with van der Waals surface area (Å²) in [6, 6.07) is 2.49.